The van der Waals surface area contributed by atoms with Crippen molar-refractivity contribution in [1.82, 2.24) is 0 Å². The van der Waals surface area contributed by atoms with Crippen LogP contribution < -0.4 is 0 Å². The molecule has 13 heavy (non-hydrogen) atoms. The first-order chi connectivity index (χ1) is 5.75. The van der Waals surface area contributed by atoms with Crippen molar-refractivity contribution in [2.45, 2.75) is 33.8 Å². The van der Waals surface area contributed by atoms with Crippen LogP contribution in [0.3, 0.4) is 0 Å². The zero-order valence-electron chi connectivity index (χ0n) is 8.44. The average Bonchev–Trinajstić information content (AvgIpc) is 2.02. The Hall–Kier alpha value is -0.650. The van der Waals surface area contributed by atoms with Crippen LogP contribution in [-0.4, -0.2) is 34.2 Å². The Morgan fingerprint density at radius 1 is 1.46 bits per heavy atom. The third-order valence-corrected chi connectivity index (χ3v) is 0.960. The van der Waals surface area contributed by atoms with Gasteiger partial charge in [0.25, 0.3) is 0 Å². The van der Waals surface area contributed by atoms with Crippen LogP contribution in [0.1, 0.15) is 27.7 Å². The standard InChI is InChI=1S/C5H10O3.C3H8O2/c1-5(2,3)4(6)8-7;1-3(5)2-4/h7H,1-3H3;3-5H,2H2,1H3. The molecule has 0 aromatic heterocycles. The van der Waals surface area contributed by atoms with Gasteiger partial charge in [0.1, 0.15) is 0 Å². The number of carbonyl (C=O) groups is 1. The van der Waals surface area contributed by atoms with Crippen LogP contribution in [0.2, 0.25) is 0 Å². The lowest BCUT2D eigenvalue weighted by molar-refractivity contribution is -0.243. The molecule has 3 N–H and O–H groups in total. The van der Waals surface area contributed by atoms with Crippen molar-refractivity contribution >= 4 is 5.97 Å². The monoisotopic (exact) mass is 194 g/mol. The van der Waals surface area contributed by atoms with E-state index in [1.165, 1.54) is 6.92 Å². The van der Waals surface area contributed by atoms with Gasteiger partial charge in [0, 0.05) is 0 Å². The molecule has 0 heterocycles. The van der Waals surface area contributed by atoms with Crippen molar-refractivity contribution in [1.29, 1.82) is 0 Å². The van der Waals surface area contributed by atoms with Gasteiger partial charge in [0.05, 0.1) is 18.1 Å². The molecule has 5 nitrogen and oxygen atoms in total. The van der Waals surface area contributed by atoms with Gasteiger partial charge in [-0.15, -0.1) is 0 Å². The Balaban J connectivity index is 0. The Bertz CT molecular complexity index is 136. The second-order valence-corrected chi connectivity index (χ2v) is 3.66. The number of aliphatic hydroxyl groups excluding tert-OH is 2. The molecule has 0 aliphatic carbocycles. The number of rotatable bonds is 1. The summed E-state index contributed by atoms with van der Waals surface area (Å²) in [6, 6.07) is 0. The van der Waals surface area contributed by atoms with Crippen LogP contribution in [-0.2, 0) is 9.68 Å². The molecule has 0 saturated carbocycles. The lowest BCUT2D eigenvalue weighted by Gasteiger charge is -2.11. The summed E-state index contributed by atoms with van der Waals surface area (Å²) in [5.41, 5.74) is -0.602. The highest BCUT2D eigenvalue weighted by Gasteiger charge is 2.22. The van der Waals surface area contributed by atoms with Crippen LogP contribution in [0.4, 0.5) is 0 Å². The van der Waals surface area contributed by atoms with Crippen molar-refractivity contribution in [3.63, 3.8) is 0 Å². The summed E-state index contributed by atoms with van der Waals surface area (Å²) in [6.07, 6.45) is -0.560. The lowest BCUT2D eigenvalue weighted by atomic mass is 9.98. The smallest absolute Gasteiger partial charge is 0.347 e. The second kappa shape index (κ2) is 6.82. The molecule has 0 aromatic rings. The van der Waals surface area contributed by atoms with E-state index in [-0.39, 0.29) is 6.61 Å². The quantitative estimate of drug-likeness (QED) is 0.415. The maximum Gasteiger partial charge on any atom is 0.347 e. The number of carbonyl (C=O) groups excluding carboxylic acids is 1. The van der Waals surface area contributed by atoms with Crippen molar-refractivity contribution in [3.05, 3.63) is 0 Å². The van der Waals surface area contributed by atoms with E-state index in [2.05, 4.69) is 4.89 Å². The van der Waals surface area contributed by atoms with E-state index in [9.17, 15) is 4.79 Å². The number of hydrogen-bond donors (Lipinski definition) is 3. The van der Waals surface area contributed by atoms with E-state index in [4.69, 9.17) is 15.5 Å². The van der Waals surface area contributed by atoms with E-state index in [1.54, 1.807) is 20.8 Å². The SMILES string of the molecule is CC(C)(C)C(=O)OO.CC(O)CO. The first-order valence-corrected chi connectivity index (χ1v) is 3.90. The molecule has 0 aliphatic rings. The third kappa shape index (κ3) is 11.3. The summed E-state index contributed by atoms with van der Waals surface area (Å²) in [5.74, 6) is -0.613. The molecule has 1 atom stereocenters. The van der Waals surface area contributed by atoms with E-state index in [0.29, 0.717) is 0 Å². The Kier molecular flexibility index (Phi) is 7.79. The molecule has 0 aromatic carbocycles. The molecule has 0 amide bonds. The van der Waals surface area contributed by atoms with E-state index in [0.717, 1.165) is 0 Å². The minimum absolute atomic E-state index is 0.139. The van der Waals surface area contributed by atoms with Gasteiger partial charge in [0.15, 0.2) is 0 Å². The Morgan fingerprint density at radius 3 is 1.77 bits per heavy atom. The molecule has 1 unspecified atom stereocenters. The third-order valence-electron chi connectivity index (χ3n) is 0.960. The zero-order chi connectivity index (χ0) is 11.1. The Labute approximate surface area is 77.9 Å². The molecule has 0 saturated heterocycles. The molecular formula is C8H18O5. The van der Waals surface area contributed by atoms with Crippen LogP contribution in [0.5, 0.6) is 0 Å². The second-order valence-electron chi connectivity index (χ2n) is 3.66. The highest BCUT2D eigenvalue weighted by molar-refractivity contribution is 5.74. The van der Waals surface area contributed by atoms with Gasteiger partial charge in [-0.1, -0.05) is 0 Å². The highest BCUT2D eigenvalue weighted by Crippen LogP contribution is 2.13. The summed E-state index contributed by atoms with van der Waals surface area (Å²) in [7, 11) is 0. The molecule has 0 rings (SSSR count). The largest absolute Gasteiger partial charge is 0.394 e. The summed E-state index contributed by atoms with van der Waals surface area (Å²) in [6.45, 7) is 6.36. The van der Waals surface area contributed by atoms with Gasteiger partial charge in [0.2, 0.25) is 0 Å². The summed E-state index contributed by atoms with van der Waals surface area (Å²) in [4.78, 5) is 13.8. The molecular weight excluding hydrogens is 176 g/mol. The van der Waals surface area contributed by atoms with Gasteiger partial charge < -0.3 is 15.1 Å². The summed E-state index contributed by atoms with van der Waals surface area (Å²) >= 11 is 0. The molecule has 0 spiro atoms. The van der Waals surface area contributed by atoms with Crippen molar-refractivity contribution in [2.24, 2.45) is 5.41 Å². The van der Waals surface area contributed by atoms with E-state index >= 15 is 0 Å². The minimum atomic E-state index is -0.613. The summed E-state index contributed by atoms with van der Waals surface area (Å²) in [5, 5.41) is 23.8. The van der Waals surface area contributed by atoms with E-state index < -0.39 is 17.5 Å². The predicted octanol–water partition coefficient (Wildman–Crippen LogP) is 0.408. The fraction of sp³-hybridized carbons (Fsp3) is 0.875. The molecule has 80 valence electrons. The van der Waals surface area contributed by atoms with Crippen LogP contribution in [0.15, 0.2) is 0 Å². The molecule has 0 radical (unpaired) electrons. The molecule has 0 bridgehead atoms. The van der Waals surface area contributed by atoms with Crippen LogP contribution in [0, 0.1) is 5.41 Å². The zero-order valence-corrected chi connectivity index (χ0v) is 8.44. The van der Waals surface area contributed by atoms with Gasteiger partial charge >= 0.3 is 5.97 Å². The predicted molar refractivity (Wildman–Crippen MR) is 46.9 cm³/mol. The fourth-order valence-corrected chi connectivity index (χ4v) is 0.137. The van der Waals surface area contributed by atoms with Gasteiger partial charge in [-0.25, -0.2) is 4.79 Å². The van der Waals surface area contributed by atoms with E-state index in [1.807, 2.05) is 0 Å². The molecule has 0 fully saturated rings. The van der Waals surface area contributed by atoms with Gasteiger partial charge in [-0.2, -0.15) is 5.26 Å². The van der Waals surface area contributed by atoms with Crippen molar-refractivity contribution in [3.8, 4) is 0 Å². The molecule has 5 heteroatoms. The van der Waals surface area contributed by atoms with Crippen LogP contribution in [0.25, 0.3) is 0 Å². The lowest BCUT2D eigenvalue weighted by Crippen LogP contribution is -2.21. The van der Waals surface area contributed by atoms with Gasteiger partial charge in [-0.05, 0) is 27.7 Å². The average molecular weight is 194 g/mol. The van der Waals surface area contributed by atoms with Crippen molar-refractivity contribution < 1.29 is 25.2 Å². The number of aliphatic hydroxyl groups is 2. The van der Waals surface area contributed by atoms with Crippen LogP contribution >= 0.6 is 0 Å². The maximum atomic E-state index is 10.4. The first-order valence-electron chi connectivity index (χ1n) is 3.90. The topological polar surface area (TPSA) is 87.0 Å². The Morgan fingerprint density at radius 2 is 1.77 bits per heavy atom. The van der Waals surface area contributed by atoms with Gasteiger partial charge in [-0.3, -0.25) is 0 Å². The normalized spacial score (nSPS) is 12.5. The van der Waals surface area contributed by atoms with Crippen molar-refractivity contribution in [2.75, 3.05) is 6.61 Å². The maximum absolute atomic E-state index is 10.4. The minimum Gasteiger partial charge on any atom is -0.394 e. The first kappa shape index (κ1) is 14.9. The number of hydrogen-bond acceptors (Lipinski definition) is 5. The fourth-order valence-electron chi connectivity index (χ4n) is 0.137. The highest BCUT2D eigenvalue weighted by atomic mass is 17.1. The molecule has 0 aliphatic heterocycles. The summed E-state index contributed by atoms with van der Waals surface area (Å²) < 4.78 is 0.